The van der Waals surface area contributed by atoms with Crippen LogP contribution in [-0.2, 0) is 0 Å². The summed E-state index contributed by atoms with van der Waals surface area (Å²) in [4.78, 5) is 0. The highest BCUT2D eigenvalue weighted by Gasteiger charge is 2.10. The lowest BCUT2D eigenvalue weighted by Gasteiger charge is -2.17. The Balaban J connectivity index is 2.22. The maximum Gasteiger partial charge on any atom is 0.119 e. The zero-order valence-electron chi connectivity index (χ0n) is 8.57. The Hall–Kier alpha value is -1.24. The van der Waals surface area contributed by atoms with Gasteiger partial charge in [-0.3, -0.25) is 0 Å². The molecular formula is C13H16O. The summed E-state index contributed by atoms with van der Waals surface area (Å²) in [5, 5.41) is 0. The molecule has 0 aromatic heterocycles. The van der Waals surface area contributed by atoms with E-state index in [1.807, 2.05) is 6.07 Å². The van der Waals surface area contributed by atoms with Crippen molar-refractivity contribution in [3.8, 4) is 5.75 Å². The molecule has 14 heavy (non-hydrogen) atoms. The van der Waals surface area contributed by atoms with Gasteiger partial charge in [-0.2, -0.15) is 0 Å². The Bertz CT molecular complexity index is 328. The van der Waals surface area contributed by atoms with E-state index in [9.17, 15) is 0 Å². The normalized spacial score (nSPS) is 20.8. The minimum absolute atomic E-state index is 0.596. The Morgan fingerprint density at radius 1 is 1.36 bits per heavy atom. The lowest BCUT2D eigenvalue weighted by Crippen LogP contribution is -1.99. The Morgan fingerprint density at radius 2 is 2.29 bits per heavy atom. The third kappa shape index (κ3) is 1.98. The number of rotatable bonds is 2. The van der Waals surface area contributed by atoms with Crippen LogP contribution >= 0.6 is 0 Å². The van der Waals surface area contributed by atoms with E-state index in [-0.39, 0.29) is 0 Å². The molecule has 1 heteroatoms. The molecule has 0 bridgehead atoms. The highest BCUT2D eigenvalue weighted by atomic mass is 16.5. The van der Waals surface area contributed by atoms with Crippen molar-refractivity contribution in [2.45, 2.75) is 25.2 Å². The maximum atomic E-state index is 5.22. The monoisotopic (exact) mass is 188 g/mol. The van der Waals surface area contributed by atoms with Crippen molar-refractivity contribution in [3.63, 3.8) is 0 Å². The highest BCUT2D eigenvalue weighted by molar-refractivity contribution is 5.33. The summed E-state index contributed by atoms with van der Waals surface area (Å²) in [6, 6.07) is 8.38. The zero-order chi connectivity index (χ0) is 9.80. The van der Waals surface area contributed by atoms with Gasteiger partial charge in [-0.25, -0.2) is 0 Å². The van der Waals surface area contributed by atoms with Crippen LogP contribution in [-0.4, -0.2) is 7.11 Å². The van der Waals surface area contributed by atoms with Gasteiger partial charge in [0.05, 0.1) is 7.11 Å². The van der Waals surface area contributed by atoms with Gasteiger partial charge in [-0.15, -0.1) is 0 Å². The van der Waals surface area contributed by atoms with Crippen molar-refractivity contribution in [1.82, 2.24) is 0 Å². The van der Waals surface area contributed by atoms with Crippen LogP contribution in [0.3, 0.4) is 0 Å². The molecule has 1 aromatic rings. The lowest BCUT2D eigenvalue weighted by molar-refractivity contribution is 0.414. The van der Waals surface area contributed by atoms with Crippen molar-refractivity contribution in [1.29, 1.82) is 0 Å². The quantitative estimate of drug-likeness (QED) is 0.645. The Kier molecular flexibility index (Phi) is 2.87. The van der Waals surface area contributed by atoms with Crippen molar-refractivity contribution >= 4 is 0 Å². The summed E-state index contributed by atoms with van der Waals surface area (Å²) in [5.41, 5.74) is 1.38. The summed E-state index contributed by atoms with van der Waals surface area (Å²) in [6.07, 6.45) is 8.41. The fraction of sp³-hybridized carbons (Fsp3) is 0.385. The molecule has 0 N–H and O–H groups in total. The molecule has 1 atom stereocenters. The molecule has 0 amide bonds. The average Bonchev–Trinajstić information content (AvgIpc) is 2.30. The van der Waals surface area contributed by atoms with Gasteiger partial charge in [0.15, 0.2) is 0 Å². The Labute approximate surface area is 85.4 Å². The van der Waals surface area contributed by atoms with E-state index < -0.39 is 0 Å². The van der Waals surface area contributed by atoms with Gasteiger partial charge in [-0.1, -0.05) is 24.3 Å². The first kappa shape index (κ1) is 9.32. The lowest BCUT2D eigenvalue weighted by atomic mass is 9.89. The van der Waals surface area contributed by atoms with E-state index in [1.165, 1.54) is 24.8 Å². The van der Waals surface area contributed by atoms with Crippen molar-refractivity contribution < 1.29 is 4.74 Å². The SMILES string of the molecule is COc1cccc(C2C=CCCC2)c1. The molecule has 0 radical (unpaired) electrons. The zero-order valence-corrected chi connectivity index (χ0v) is 8.57. The van der Waals surface area contributed by atoms with E-state index in [0.29, 0.717) is 5.92 Å². The summed E-state index contributed by atoms with van der Waals surface area (Å²) in [6.45, 7) is 0. The first-order chi connectivity index (χ1) is 6.90. The standard InChI is InChI=1S/C13H16O/c1-14-13-9-5-8-12(10-13)11-6-3-2-4-7-11/h3,5-6,8-11H,2,4,7H2,1H3. The molecule has 0 fully saturated rings. The first-order valence-electron chi connectivity index (χ1n) is 5.21. The van der Waals surface area contributed by atoms with Gasteiger partial charge < -0.3 is 4.74 Å². The third-order valence-corrected chi connectivity index (χ3v) is 2.78. The number of allylic oxidation sites excluding steroid dienone is 2. The number of benzene rings is 1. The molecule has 1 aliphatic rings. The molecule has 1 unspecified atom stereocenters. The molecule has 0 spiro atoms. The van der Waals surface area contributed by atoms with E-state index >= 15 is 0 Å². The van der Waals surface area contributed by atoms with Crippen molar-refractivity contribution in [2.24, 2.45) is 0 Å². The summed E-state index contributed by atoms with van der Waals surface area (Å²) in [7, 11) is 1.72. The molecule has 1 aromatic carbocycles. The van der Waals surface area contributed by atoms with Crippen LogP contribution in [0.2, 0.25) is 0 Å². The molecule has 1 nitrogen and oxygen atoms in total. The fourth-order valence-electron chi connectivity index (χ4n) is 1.96. The molecular weight excluding hydrogens is 172 g/mol. The second kappa shape index (κ2) is 4.32. The van der Waals surface area contributed by atoms with E-state index in [0.717, 1.165) is 5.75 Å². The second-order valence-corrected chi connectivity index (χ2v) is 3.74. The Morgan fingerprint density at radius 3 is 3.00 bits per heavy atom. The van der Waals surface area contributed by atoms with Gasteiger partial charge >= 0.3 is 0 Å². The highest BCUT2D eigenvalue weighted by Crippen LogP contribution is 2.29. The van der Waals surface area contributed by atoms with Crippen molar-refractivity contribution in [3.05, 3.63) is 42.0 Å². The summed E-state index contributed by atoms with van der Waals surface area (Å²) in [5.74, 6) is 1.56. The predicted octanol–water partition coefficient (Wildman–Crippen LogP) is 3.52. The van der Waals surface area contributed by atoms with E-state index in [1.54, 1.807) is 7.11 Å². The second-order valence-electron chi connectivity index (χ2n) is 3.74. The van der Waals surface area contributed by atoms with Crippen LogP contribution in [0.1, 0.15) is 30.7 Å². The topological polar surface area (TPSA) is 9.23 Å². The molecule has 0 aliphatic heterocycles. The van der Waals surface area contributed by atoms with Gasteiger partial charge in [0, 0.05) is 5.92 Å². The average molecular weight is 188 g/mol. The molecule has 2 rings (SSSR count). The molecule has 0 saturated carbocycles. The van der Waals surface area contributed by atoms with E-state index in [2.05, 4.69) is 30.4 Å². The largest absolute Gasteiger partial charge is 0.497 e. The molecule has 74 valence electrons. The van der Waals surface area contributed by atoms with Crippen molar-refractivity contribution in [2.75, 3.05) is 7.11 Å². The van der Waals surface area contributed by atoms with Crippen LogP contribution in [0, 0.1) is 0 Å². The first-order valence-corrected chi connectivity index (χ1v) is 5.21. The van der Waals surface area contributed by atoms with E-state index in [4.69, 9.17) is 4.74 Å². The van der Waals surface area contributed by atoms with Crippen LogP contribution < -0.4 is 4.74 Å². The fourth-order valence-corrected chi connectivity index (χ4v) is 1.96. The minimum atomic E-state index is 0.596. The molecule has 0 saturated heterocycles. The predicted molar refractivity (Wildman–Crippen MR) is 58.7 cm³/mol. The van der Waals surface area contributed by atoms with Gasteiger partial charge in [0.25, 0.3) is 0 Å². The van der Waals surface area contributed by atoms with Gasteiger partial charge in [-0.05, 0) is 37.0 Å². The van der Waals surface area contributed by atoms with Crippen LogP contribution in [0.15, 0.2) is 36.4 Å². The molecule has 0 heterocycles. The van der Waals surface area contributed by atoms with Gasteiger partial charge in [0.1, 0.15) is 5.75 Å². The number of hydrogen-bond donors (Lipinski definition) is 0. The number of methoxy groups -OCH3 is 1. The minimum Gasteiger partial charge on any atom is -0.497 e. The molecule has 1 aliphatic carbocycles. The van der Waals surface area contributed by atoms with Crippen LogP contribution in [0.25, 0.3) is 0 Å². The number of ether oxygens (including phenoxy) is 1. The number of hydrogen-bond acceptors (Lipinski definition) is 1. The van der Waals surface area contributed by atoms with Gasteiger partial charge in [0.2, 0.25) is 0 Å². The smallest absolute Gasteiger partial charge is 0.119 e. The van der Waals surface area contributed by atoms with Crippen LogP contribution in [0.5, 0.6) is 5.75 Å². The maximum absolute atomic E-state index is 5.22. The van der Waals surface area contributed by atoms with Crippen LogP contribution in [0.4, 0.5) is 0 Å². The summed E-state index contributed by atoms with van der Waals surface area (Å²) < 4.78 is 5.22. The third-order valence-electron chi connectivity index (χ3n) is 2.78. The summed E-state index contributed by atoms with van der Waals surface area (Å²) >= 11 is 0.